The Kier molecular flexibility index (Phi) is 1.89. The molecule has 0 spiro atoms. The summed E-state index contributed by atoms with van der Waals surface area (Å²) in [5, 5.41) is 0. The molecule has 0 unspecified atom stereocenters. The quantitative estimate of drug-likeness (QED) is 0.508. The summed E-state index contributed by atoms with van der Waals surface area (Å²) < 4.78 is 5.16. The fourth-order valence-corrected chi connectivity index (χ4v) is 1.55. The molecule has 66 valence electrons. The molecule has 1 heterocycles. The van der Waals surface area contributed by atoms with Gasteiger partial charge in [0.25, 0.3) is 0 Å². The minimum Gasteiger partial charge on any atom is -0.454 e. The highest BCUT2D eigenvalue weighted by Gasteiger charge is 2.28. The SMILES string of the molecule is C=CC[C@@H]1OC(=O)c2ccccc21. The number of esters is 1. The number of cyclic esters (lactones) is 1. The monoisotopic (exact) mass is 174 g/mol. The molecule has 2 rings (SSSR count). The van der Waals surface area contributed by atoms with E-state index in [9.17, 15) is 4.79 Å². The van der Waals surface area contributed by atoms with E-state index < -0.39 is 0 Å². The minimum atomic E-state index is -0.220. The van der Waals surface area contributed by atoms with E-state index in [1.807, 2.05) is 18.2 Å². The Morgan fingerprint density at radius 2 is 2.23 bits per heavy atom. The highest BCUT2D eigenvalue weighted by atomic mass is 16.5. The second-order valence-electron chi connectivity index (χ2n) is 3.01. The molecule has 1 aromatic carbocycles. The van der Waals surface area contributed by atoms with Crippen LogP contribution >= 0.6 is 0 Å². The number of hydrogen-bond acceptors (Lipinski definition) is 2. The Hall–Kier alpha value is -1.57. The Balaban J connectivity index is 2.41. The molecule has 0 N–H and O–H groups in total. The molecule has 0 aliphatic carbocycles. The van der Waals surface area contributed by atoms with Gasteiger partial charge in [0.05, 0.1) is 5.56 Å². The topological polar surface area (TPSA) is 26.3 Å². The lowest BCUT2D eigenvalue weighted by atomic mass is 10.0. The third-order valence-electron chi connectivity index (χ3n) is 2.16. The third kappa shape index (κ3) is 1.24. The van der Waals surface area contributed by atoms with Gasteiger partial charge < -0.3 is 4.74 Å². The van der Waals surface area contributed by atoms with Crippen molar-refractivity contribution in [3.05, 3.63) is 48.0 Å². The van der Waals surface area contributed by atoms with E-state index >= 15 is 0 Å². The molecule has 1 aliphatic heterocycles. The number of fused-ring (bicyclic) bond motifs is 1. The molecule has 13 heavy (non-hydrogen) atoms. The summed E-state index contributed by atoms with van der Waals surface area (Å²) in [6.45, 7) is 3.63. The molecule has 0 radical (unpaired) electrons. The highest BCUT2D eigenvalue weighted by Crippen LogP contribution is 2.32. The van der Waals surface area contributed by atoms with E-state index in [2.05, 4.69) is 6.58 Å². The number of ether oxygens (including phenoxy) is 1. The average Bonchev–Trinajstić information content (AvgIpc) is 2.46. The van der Waals surface area contributed by atoms with E-state index in [4.69, 9.17) is 4.74 Å². The van der Waals surface area contributed by atoms with Crippen molar-refractivity contribution < 1.29 is 9.53 Å². The van der Waals surface area contributed by atoms with Crippen LogP contribution in [0.2, 0.25) is 0 Å². The van der Waals surface area contributed by atoms with Crippen LogP contribution in [0.4, 0.5) is 0 Å². The van der Waals surface area contributed by atoms with Gasteiger partial charge in [-0.25, -0.2) is 4.79 Å². The Bertz CT molecular complexity index is 355. The zero-order chi connectivity index (χ0) is 9.26. The van der Waals surface area contributed by atoms with Gasteiger partial charge in [0.1, 0.15) is 6.10 Å². The molecule has 2 heteroatoms. The van der Waals surface area contributed by atoms with Gasteiger partial charge >= 0.3 is 5.97 Å². The number of carbonyl (C=O) groups excluding carboxylic acids is 1. The smallest absolute Gasteiger partial charge is 0.339 e. The number of hydrogen-bond donors (Lipinski definition) is 0. The summed E-state index contributed by atoms with van der Waals surface area (Å²) >= 11 is 0. The van der Waals surface area contributed by atoms with Gasteiger partial charge in [-0.15, -0.1) is 6.58 Å². The minimum absolute atomic E-state index is 0.124. The number of benzene rings is 1. The molecule has 1 aliphatic rings. The van der Waals surface area contributed by atoms with Crippen molar-refractivity contribution in [3.8, 4) is 0 Å². The third-order valence-corrected chi connectivity index (χ3v) is 2.16. The van der Waals surface area contributed by atoms with Crippen LogP contribution in [-0.4, -0.2) is 5.97 Å². The standard InChI is InChI=1S/C11H10O2/c1-2-5-10-8-6-3-4-7-9(8)11(12)13-10/h2-4,6-7,10H,1,5H2/t10-/m0/s1. The molecular weight excluding hydrogens is 164 g/mol. The van der Waals surface area contributed by atoms with Crippen LogP contribution in [0.5, 0.6) is 0 Å². The van der Waals surface area contributed by atoms with Crippen molar-refractivity contribution >= 4 is 5.97 Å². The second kappa shape index (κ2) is 3.05. The van der Waals surface area contributed by atoms with Crippen molar-refractivity contribution in [1.82, 2.24) is 0 Å². The maximum absolute atomic E-state index is 11.3. The maximum Gasteiger partial charge on any atom is 0.339 e. The first-order valence-corrected chi connectivity index (χ1v) is 4.23. The van der Waals surface area contributed by atoms with Gasteiger partial charge in [-0.05, 0) is 6.07 Å². The molecule has 2 nitrogen and oxygen atoms in total. The molecule has 0 bridgehead atoms. The van der Waals surface area contributed by atoms with Crippen molar-refractivity contribution in [3.63, 3.8) is 0 Å². The van der Waals surface area contributed by atoms with Crippen LogP contribution in [0.25, 0.3) is 0 Å². The Labute approximate surface area is 76.8 Å². The van der Waals surface area contributed by atoms with Gasteiger partial charge in [-0.1, -0.05) is 24.3 Å². The van der Waals surface area contributed by atoms with Crippen molar-refractivity contribution in [2.24, 2.45) is 0 Å². The van der Waals surface area contributed by atoms with Gasteiger partial charge in [0, 0.05) is 12.0 Å². The van der Waals surface area contributed by atoms with Crippen molar-refractivity contribution in [2.75, 3.05) is 0 Å². The van der Waals surface area contributed by atoms with E-state index in [1.54, 1.807) is 12.1 Å². The summed E-state index contributed by atoms with van der Waals surface area (Å²) in [4.78, 5) is 11.3. The summed E-state index contributed by atoms with van der Waals surface area (Å²) in [5.41, 5.74) is 1.67. The fourth-order valence-electron chi connectivity index (χ4n) is 1.55. The van der Waals surface area contributed by atoms with Crippen LogP contribution < -0.4 is 0 Å². The van der Waals surface area contributed by atoms with Gasteiger partial charge in [0.15, 0.2) is 0 Å². The largest absolute Gasteiger partial charge is 0.454 e. The Morgan fingerprint density at radius 1 is 1.46 bits per heavy atom. The zero-order valence-electron chi connectivity index (χ0n) is 7.19. The summed E-state index contributed by atoms with van der Waals surface area (Å²) in [6, 6.07) is 7.47. The van der Waals surface area contributed by atoms with Gasteiger partial charge in [-0.2, -0.15) is 0 Å². The molecule has 0 saturated carbocycles. The molecule has 0 fully saturated rings. The van der Waals surface area contributed by atoms with Crippen LogP contribution in [0.15, 0.2) is 36.9 Å². The molecular formula is C11H10O2. The average molecular weight is 174 g/mol. The molecule has 0 aromatic heterocycles. The van der Waals surface area contributed by atoms with E-state index in [-0.39, 0.29) is 12.1 Å². The van der Waals surface area contributed by atoms with Gasteiger partial charge in [0.2, 0.25) is 0 Å². The summed E-state index contributed by atoms with van der Waals surface area (Å²) in [6.07, 6.45) is 2.32. The van der Waals surface area contributed by atoms with E-state index in [0.29, 0.717) is 12.0 Å². The number of rotatable bonds is 2. The van der Waals surface area contributed by atoms with Crippen LogP contribution in [-0.2, 0) is 4.74 Å². The maximum atomic E-state index is 11.3. The predicted octanol–water partition coefficient (Wildman–Crippen LogP) is 2.47. The normalized spacial score (nSPS) is 19.4. The molecule has 0 saturated heterocycles. The Morgan fingerprint density at radius 3 is 3.00 bits per heavy atom. The van der Waals surface area contributed by atoms with Crippen LogP contribution in [0, 0.1) is 0 Å². The van der Waals surface area contributed by atoms with E-state index in [1.165, 1.54) is 0 Å². The lowest BCUT2D eigenvalue weighted by molar-refractivity contribution is 0.0392. The van der Waals surface area contributed by atoms with Crippen LogP contribution in [0.1, 0.15) is 28.4 Å². The first-order valence-electron chi connectivity index (χ1n) is 4.23. The zero-order valence-corrected chi connectivity index (χ0v) is 7.19. The molecule has 0 amide bonds. The fraction of sp³-hybridized carbons (Fsp3) is 0.182. The molecule has 1 atom stereocenters. The molecule has 1 aromatic rings. The van der Waals surface area contributed by atoms with E-state index in [0.717, 1.165) is 5.56 Å². The number of carbonyl (C=O) groups is 1. The summed E-state index contributed by atoms with van der Waals surface area (Å²) in [5.74, 6) is -0.220. The summed E-state index contributed by atoms with van der Waals surface area (Å²) in [7, 11) is 0. The predicted molar refractivity (Wildman–Crippen MR) is 49.4 cm³/mol. The van der Waals surface area contributed by atoms with Crippen LogP contribution in [0.3, 0.4) is 0 Å². The lowest BCUT2D eigenvalue weighted by Gasteiger charge is -2.06. The first-order chi connectivity index (χ1) is 6.33. The second-order valence-corrected chi connectivity index (χ2v) is 3.01. The highest BCUT2D eigenvalue weighted by molar-refractivity contribution is 5.93. The first kappa shape index (κ1) is 8.05. The lowest BCUT2D eigenvalue weighted by Crippen LogP contribution is -1.96. The van der Waals surface area contributed by atoms with Crippen molar-refractivity contribution in [1.29, 1.82) is 0 Å². The van der Waals surface area contributed by atoms with Crippen molar-refractivity contribution in [2.45, 2.75) is 12.5 Å². The van der Waals surface area contributed by atoms with Gasteiger partial charge in [-0.3, -0.25) is 0 Å².